The van der Waals surface area contributed by atoms with E-state index >= 15 is 0 Å². The summed E-state index contributed by atoms with van der Waals surface area (Å²) >= 11 is 3.69. The van der Waals surface area contributed by atoms with Gasteiger partial charge in [-0.2, -0.15) is 0 Å². The van der Waals surface area contributed by atoms with E-state index < -0.39 is 11.2 Å². The molecule has 0 aliphatic rings. The molecule has 0 heterocycles. The quantitative estimate of drug-likeness (QED) is 0.694. The predicted octanol–water partition coefficient (Wildman–Crippen LogP) is 3.12. The lowest BCUT2D eigenvalue weighted by atomic mass is 10.0. The molecule has 0 atom stereocenters. The Bertz CT molecular complexity index is 446. The second-order valence-electron chi connectivity index (χ2n) is 4.06. The predicted molar refractivity (Wildman–Crippen MR) is 74.4 cm³/mol. The molecule has 0 saturated heterocycles. The summed E-state index contributed by atoms with van der Waals surface area (Å²) in [5.41, 5.74) is 2.16. The Hall–Kier alpha value is -1.49. The standard InChI is InChI=1S/C13H17NO3S/c1-2-3-5-9-6-4-7-10(8-11(15)16)12(9)14-13(17)18/h4,6-7H,2-3,5,8H2,1H3,(H,15,16)(H2,14,17,18). The zero-order valence-electron chi connectivity index (χ0n) is 10.3. The minimum atomic E-state index is -0.919. The lowest BCUT2D eigenvalue weighted by molar-refractivity contribution is -0.136. The van der Waals surface area contributed by atoms with Crippen molar-refractivity contribution in [3.63, 3.8) is 0 Å². The topological polar surface area (TPSA) is 66.4 Å². The Morgan fingerprint density at radius 3 is 2.56 bits per heavy atom. The number of benzene rings is 1. The van der Waals surface area contributed by atoms with Gasteiger partial charge in [-0.25, -0.2) is 0 Å². The van der Waals surface area contributed by atoms with Crippen LogP contribution in [0.3, 0.4) is 0 Å². The van der Waals surface area contributed by atoms with E-state index in [0.29, 0.717) is 11.3 Å². The molecule has 0 unspecified atom stereocenters. The fourth-order valence-electron chi connectivity index (χ4n) is 1.81. The van der Waals surface area contributed by atoms with E-state index in [1.54, 1.807) is 6.07 Å². The Kier molecular flexibility index (Phi) is 5.71. The molecule has 2 N–H and O–H groups in total. The van der Waals surface area contributed by atoms with Gasteiger partial charge in [0.2, 0.25) is 0 Å². The lowest BCUT2D eigenvalue weighted by Gasteiger charge is -2.13. The number of rotatable bonds is 6. The number of unbranched alkanes of at least 4 members (excludes halogenated alkanes) is 1. The third kappa shape index (κ3) is 4.41. The Morgan fingerprint density at radius 1 is 1.33 bits per heavy atom. The summed E-state index contributed by atoms with van der Waals surface area (Å²) in [5, 5.41) is 11.0. The van der Waals surface area contributed by atoms with Crippen LogP contribution < -0.4 is 5.32 Å². The van der Waals surface area contributed by atoms with E-state index in [4.69, 9.17) is 5.11 Å². The number of amides is 1. The summed E-state index contributed by atoms with van der Waals surface area (Å²) in [4.78, 5) is 21.9. The molecule has 1 amide bonds. The van der Waals surface area contributed by atoms with Crippen LogP contribution >= 0.6 is 12.6 Å². The number of thiol groups is 1. The van der Waals surface area contributed by atoms with Crippen LogP contribution in [0.25, 0.3) is 0 Å². The number of carboxylic acids is 1. The fourth-order valence-corrected chi connectivity index (χ4v) is 1.92. The number of aliphatic carboxylic acids is 1. The van der Waals surface area contributed by atoms with Gasteiger partial charge in [-0.3, -0.25) is 9.59 Å². The number of para-hydroxylation sites is 1. The lowest BCUT2D eigenvalue weighted by Crippen LogP contribution is -2.10. The average molecular weight is 267 g/mol. The second-order valence-corrected chi connectivity index (χ2v) is 4.46. The van der Waals surface area contributed by atoms with Crippen LogP contribution in [-0.4, -0.2) is 16.3 Å². The van der Waals surface area contributed by atoms with E-state index in [2.05, 4.69) is 24.9 Å². The molecule has 0 spiro atoms. The van der Waals surface area contributed by atoms with Crippen LogP contribution in [0.15, 0.2) is 18.2 Å². The van der Waals surface area contributed by atoms with Gasteiger partial charge in [0.15, 0.2) is 0 Å². The average Bonchev–Trinajstić information content (AvgIpc) is 2.28. The fraction of sp³-hybridized carbons (Fsp3) is 0.385. The van der Waals surface area contributed by atoms with Crippen molar-refractivity contribution in [2.24, 2.45) is 0 Å². The largest absolute Gasteiger partial charge is 0.481 e. The van der Waals surface area contributed by atoms with Crippen LogP contribution in [-0.2, 0) is 17.6 Å². The summed E-state index contributed by atoms with van der Waals surface area (Å²) < 4.78 is 0. The van der Waals surface area contributed by atoms with Crippen molar-refractivity contribution in [1.29, 1.82) is 0 Å². The molecule has 0 aliphatic carbocycles. The maximum Gasteiger partial charge on any atom is 0.307 e. The number of anilines is 1. The number of nitrogens with one attached hydrogen (secondary N) is 1. The van der Waals surface area contributed by atoms with Crippen molar-refractivity contribution in [2.45, 2.75) is 32.6 Å². The van der Waals surface area contributed by atoms with Crippen LogP contribution in [0.2, 0.25) is 0 Å². The summed E-state index contributed by atoms with van der Waals surface area (Å²) in [5.74, 6) is -0.919. The minimum Gasteiger partial charge on any atom is -0.481 e. The van der Waals surface area contributed by atoms with Gasteiger partial charge in [0.05, 0.1) is 6.42 Å². The molecule has 0 fully saturated rings. The maximum absolute atomic E-state index is 11.1. The number of carbonyl (C=O) groups excluding carboxylic acids is 1. The zero-order chi connectivity index (χ0) is 13.5. The SMILES string of the molecule is CCCCc1cccc(CC(=O)O)c1NC(=O)S. The van der Waals surface area contributed by atoms with Crippen LogP contribution in [0, 0.1) is 0 Å². The van der Waals surface area contributed by atoms with Gasteiger partial charge < -0.3 is 10.4 Å². The molecule has 0 bridgehead atoms. The van der Waals surface area contributed by atoms with E-state index in [1.807, 2.05) is 12.1 Å². The van der Waals surface area contributed by atoms with Gasteiger partial charge in [-0.05, 0) is 24.0 Å². The van der Waals surface area contributed by atoms with E-state index in [9.17, 15) is 9.59 Å². The van der Waals surface area contributed by atoms with Crippen LogP contribution in [0.1, 0.15) is 30.9 Å². The zero-order valence-corrected chi connectivity index (χ0v) is 11.2. The molecule has 1 aromatic carbocycles. The van der Waals surface area contributed by atoms with Crippen molar-refractivity contribution >= 4 is 29.5 Å². The number of carbonyl (C=O) groups is 2. The second kappa shape index (κ2) is 7.06. The molecule has 0 saturated carbocycles. The van der Waals surface area contributed by atoms with Gasteiger partial charge in [-0.1, -0.05) is 44.2 Å². The third-order valence-electron chi connectivity index (χ3n) is 2.61. The summed E-state index contributed by atoms with van der Waals surface area (Å²) in [6.45, 7) is 2.08. The summed E-state index contributed by atoms with van der Waals surface area (Å²) in [6.07, 6.45) is 2.74. The molecule has 0 radical (unpaired) electrons. The monoisotopic (exact) mass is 267 g/mol. The number of aryl methyl sites for hydroxylation is 1. The van der Waals surface area contributed by atoms with Crippen LogP contribution in [0.5, 0.6) is 0 Å². The van der Waals surface area contributed by atoms with Crippen molar-refractivity contribution in [3.05, 3.63) is 29.3 Å². The molecule has 98 valence electrons. The van der Waals surface area contributed by atoms with E-state index in [-0.39, 0.29) is 6.42 Å². The molecule has 5 heteroatoms. The first-order valence-electron chi connectivity index (χ1n) is 5.87. The molecule has 0 aliphatic heterocycles. The number of hydrogen-bond donors (Lipinski definition) is 3. The van der Waals surface area contributed by atoms with E-state index in [1.165, 1.54) is 0 Å². The van der Waals surface area contributed by atoms with Gasteiger partial charge in [0.1, 0.15) is 0 Å². The summed E-state index contributed by atoms with van der Waals surface area (Å²) in [6, 6.07) is 5.43. The minimum absolute atomic E-state index is 0.108. The van der Waals surface area contributed by atoms with Gasteiger partial charge in [0.25, 0.3) is 5.24 Å². The van der Waals surface area contributed by atoms with Crippen molar-refractivity contribution in [2.75, 3.05) is 5.32 Å². The highest BCUT2D eigenvalue weighted by Gasteiger charge is 2.12. The highest BCUT2D eigenvalue weighted by atomic mass is 32.1. The smallest absolute Gasteiger partial charge is 0.307 e. The Morgan fingerprint density at radius 2 is 2.00 bits per heavy atom. The molecule has 18 heavy (non-hydrogen) atoms. The molecular weight excluding hydrogens is 250 g/mol. The normalized spacial score (nSPS) is 10.1. The van der Waals surface area contributed by atoms with Crippen molar-refractivity contribution in [3.8, 4) is 0 Å². The Labute approximate surface area is 112 Å². The first kappa shape index (κ1) is 14.6. The highest BCUT2D eigenvalue weighted by Crippen LogP contribution is 2.24. The highest BCUT2D eigenvalue weighted by molar-refractivity contribution is 7.96. The van der Waals surface area contributed by atoms with E-state index in [0.717, 1.165) is 24.8 Å². The first-order valence-corrected chi connectivity index (χ1v) is 6.31. The third-order valence-corrected chi connectivity index (χ3v) is 2.72. The first-order chi connectivity index (χ1) is 8.54. The number of hydrogen-bond acceptors (Lipinski definition) is 2. The molecule has 4 nitrogen and oxygen atoms in total. The van der Waals surface area contributed by atoms with Gasteiger partial charge >= 0.3 is 5.97 Å². The van der Waals surface area contributed by atoms with Crippen molar-refractivity contribution in [1.82, 2.24) is 0 Å². The number of carboxylic acid groups (broad SMARTS) is 1. The molecule has 1 aromatic rings. The van der Waals surface area contributed by atoms with Gasteiger partial charge in [0, 0.05) is 5.69 Å². The molecule has 1 rings (SSSR count). The maximum atomic E-state index is 11.1. The Balaban J connectivity index is 3.07. The summed E-state index contributed by atoms with van der Waals surface area (Å²) in [7, 11) is 0. The van der Waals surface area contributed by atoms with Crippen molar-refractivity contribution < 1.29 is 14.7 Å². The molecule has 0 aromatic heterocycles. The molecular formula is C13H17NO3S. The van der Waals surface area contributed by atoms with Crippen LogP contribution in [0.4, 0.5) is 10.5 Å². The van der Waals surface area contributed by atoms with Gasteiger partial charge in [-0.15, -0.1) is 0 Å².